The first-order valence-electron chi connectivity index (χ1n) is 6.07. The van der Waals surface area contributed by atoms with Crippen molar-refractivity contribution in [2.24, 2.45) is 0 Å². The average molecular weight is 329 g/mol. The number of benzene rings is 1. The van der Waals surface area contributed by atoms with Crippen LogP contribution in [0.25, 0.3) is 0 Å². The van der Waals surface area contributed by atoms with E-state index in [1.165, 1.54) is 11.3 Å². The molecule has 0 radical (unpaired) electrons. The predicted octanol–water partition coefficient (Wildman–Crippen LogP) is 3.15. The number of rotatable bonds is 6. The maximum absolute atomic E-state index is 12.2. The number of hydrogen-bond donors (Lipinski definition) is 1. The van der Waals surface area contributed by atoms with Crippen LogP contribution in [0.5, 0.6) is 0 Å². The molecular weight excluding hydrogens is 314 g/mol. The van der Waals surface area contributed by atoms with Crippen LogP contribution in [0, 0.1) is 6.92 Å². The summed E-state index contributed by atoms with van der Waals surface area (Å²) < 4.78 is 27.5. The van der Waals surface area contributed by atoms with Crippen LogP contribution in [0.15, 0.2) is 33.5 Å². The van der Waals surface area contributed by atoms with E-state index in [-0.39, 0.29) is 4.90 Å². The lowest BCUT2D eigenvalue weighted by Gasteiger charge is -2.04. The van der Waals surface area contributed by atoms with Gasteiger partial charge in [0.15, 0.2) is 4.34 Å². The third kappa shape index (κ3) is 3.94. The lowest BCUT2D eigenvalue weighted by molar-refractivity contribution is 0.601. The SMILES string of the molecule is CCCSc1nnc(NS(=O)(=O)c2ccc(C)cc2)s1. The molecule has 0 bridgehead atoms. The van der Waals surface area contributed by atoms with Gasteiger partial charge >= 0.3 is 0 Å². The number of hydrogen-bond acceptors (Lipinski definition) is 6. The Kier molecular flexibility index (Phi) is 5.00. The molecule has 2 aromatic rings. The molecule has 2 rings (SSSR count). The first-order valence-corrected chi connectivity index (χ1v) is 9.35. The van der Waals surface area contributed by atoms with Gasteiger partial charge in [-0.05, 0) is 25.5 Å². The minimum atomic E-state index is -3.59. The molecule has 5 nitrogen and oxygen atoms in total. The first-order chi connectivity index (χ1) is 9.51. The van der Waals surface area contributed by atoms with Crippen LogP contribution in [0.4, 0.5) is 5.13 Å². The van der Waals surface area contributed by atoms with Gasteiger partial charge in [-0.1, -0.05) is 47.7 Å². The van der Waals surface area contributed by atoms with E-state index < -0.39 is 10.0 Å². The van der Waals surface area contributed by atoms with Crippen molar-refractivity contribution in [1.82, 2.24) is 10.2 Å². The number of anilines is 1. The second kappa shape index (κ2) is 6.55. The Balaban J connectivity index is 2.12. The van der Waals surface area contributed by atoms with Crippen molar-refractivity contribution in [3.8, 4) is 0 Å². The van der Waals surface area contributed by atoms with Gasteiger partial charge in [-0.15, -0.1) is 10.2 Å². The lowest BCUT2D eigenvalue weighted by Crippen LogP contribution is -2.12. The van der Waals surface area contributed by atoms with E-state index in [1.54, 1.807) is 36.0 Å². The van der Waals surface area contributed by atoms with Gasteiger partial charge in [0.2, 0.25) is 5.13 Å². The Morgan fingerprint density at radius 3 is 2.60 bits per heavy atom. The summed E-state index contributed by atoms with van der Waals surface area (Å²) in [5.74, 6) is 0.944. The fourth-order valence-corrected chi connectivity index (χ4v) is 4.30. The van der Waals surface area contributed by atoms with E-state index in [0.717, 1.165) is 22.1 Å². The smallest absolute Gasteiger partial charge is 0.253 e. The second-order valence-corrected chi connectivity index (χ2v) is 8.14. The number of aromatic nitrogens is 2. The fraction of sp³-hybridized carbons (Fsp3) is 0.333. The summed E-state index contributed by atoms with van der Waals surface area (Å²) >= 11 is 2.82. The molecule has 1 aromatic carbocycles. The summed E-state index contributed by atoms with van der Waals surface area (Å²) in [4.78, 5) is 0.223. The molecule has 1 heterocycles. The fourth-order valence-electron chi connectivity index (χ4n) is 1.39. The zero-order valence-corrected chi connectivity index (χ0v) is 13.6. The van der Waals surface area contributed by atoms with Gasteiger partial charge in [0.05, 0.1) is 4.90 Å². The van der Waals surface area contributed by atoms with Crippen molar-refractivity contribution >= 4 is 38.3 Å². The van der Waals surface area contributed by atoms with Crippen molar-refractivity contribution in [3.63, 3.8) is 0 Å². The minimum Gasteiger partial charge on any atom is -0.253 e. The molecule has 0 saturated carbocycles. The third-order valence-electron chi connectivity index (χ3n) is 2.39. The van der Waals surface area contributed by atoms with Crippen LogP contribution in [-0.4, -0.2) is 24.4 Å². The minimum absolute atomic E-state index is 0.223. The van der Waals surface area contributed by atoms with E-state index in [1.807, 2.05) is 6.92 Å². The van der Waals surface area contributed by atoms with Crippen LogP contribution in [0.3, 0.4) is 0 Å². The molecule has 0 aliphatic heterocycles. The van der Waals surface area contributed by atoms with Gasteiger partial charge in [-0.3, -0.25) is 4.72 Å². The molecule has 108 valence electrons. The monoisotopic (exact) mass is 329 g/mol. The van der Waals surface area contributed by atoms with E-state index in [9.17, 15) is 8.42 Å². The highest BCUT2D eigenvalue weighted by Crippen LogP contribution is 2.27. The standard InChI is InChI=1S/C12H15N3O2S3/c1-3-8-18-12-14-13-11(19-12)15-20(16,17)10-6-4-9(2)5-7-10/h4-7H,3,8H2,1-2H3,(H,13,15). The molecule has 0 atom stereocenters. The zero-order valence-electron chi connectivity index (χ0n) is 11.2. The van der Waals surface area contributed by atoms with Crippen LogP contribution in [-0.2, 0) is 10.0 Å². The molecule has 0 fully saturated rings. The molecule has 0 unspecified atom stereocenters. The normalized spacial score (nSPS) is 11.5. The molecule has 1 aromatic heterocycles. The van der Waals surface area contributed by atoms with E-state index in [0.29, 0.717) is 5.13 Å². The molecule has 1 N–H and O–H groups in total. The quantitative estimate of drug-likeness (QED) is 0.824. The van der Waals surface area contributed by atoms with Gasteiger partial charge in [-0.2, -0.15) is 0 Å². The highest BCUT2D eigenvalue weighted by Gasteiger charge is 2.16. The highest BCUT2D eigenvalue weighted by atomic mass is 32.2. The Morgan fingerprint density at radius 1 is 1.25 bits per heavy atom. The molecule has 20 heavy (non-hydrogen) atoms. The summed E-state index contributed by atoms with van der Waals surface area (Å²) in [7, 11) is -3.59. The van der Waals surface area contributed by atoms with Crippen LogP contribution < -0.4 is 4.72 Å². The van der Waals surface area contributed by atoms with Gasteiger partial charge in [0.25, 0.3) is 10.0 Å². The van der Waals surface area contributed by atoms with E-state index in [2.05, 4.69) is 21.8 Å². The largest absolute Gasteiger partial charge is 0.263 e. The molecule has 0 aliphatic carbocycles. The molecule has 0 aliphatic rings. The zero-order chi connectivity index (χ0) is 14.6. The van der Waals surface area contributed by atoms with Gasteiger partial charge in [-0.25, -0.2) is 8.42 Å². The van der Waals surface area contributed by atoms with Crippen LogP contribution in [0.2, 0.25) is 0 Å². The van der Waals surface area contributed by atoms with Gasteiger partial charge < -0.3 is 0 Å². The molecular formula is C12H15N3O2S3. The topological polar surface area (TPSA) is 72.0 Å². The van der Waals surface area contributed by atoms with Gasteiger partial charge in [0.1, 0.15) is 0 Å². The van der Waals surface area contributed by atoms with Crippen molar-refractivity contribution in [2.45, 2.75) is 29.5 Å². The van der Waals surface area contributed by atoms with Crippen molar-refractivity contribution in [1.29, 1.82) is 0 Å². The third-order valence-corrected chi connectivity index (χ3v) is 6.05. The average Bonchev–Trinajstić information content (AvgIpc) is 2.83. The van der Waals surface area contributed by atoms with E-state index >= 15 is 0 Å². The van der Waals surface area contributed by atoms with E-state index in [4.69, 9.17) is 0 Å². The number of sulfonamides is 1. The Labute approximate surface area is 126 Å². The Morgan fingerprint density at radius 2 is 1.95 bits per heavy atom. The van der Waals surface area contributed by atoms with Crippen LogP contribution in [0.1, 0.15) is 18.9 Å². The summed E-state index contributed by atoms with van der Waals surface area (Å²) in [5.41, 5.74) is 1.01. The molecule has 8 heteroatoms. The maximum Gasteiger partial charge on any atom is 0.263 e. The lowest BCUT2D eigenvalue weighted by atomic mass is 10.2. The van der Waals surface area contributed by atoms with Crippen molar-refractivity contribution < 1.29 is 8.42 Å². The number of aryl methyl sites for hydroxylation is 1. The molecule has 0 amide bonds. The first kappa shape index (κ1) is 15.3. The maximum atomic E-state index is 12.2. The number of nitrogens with zero attached hydrogens (tertiary/aromatic N) is 2. The summed E-state index contributed by atoms with van der Waals surface area (Å²) in [6.45, 7) is 3.99. The van der Waals surface area contributed by atoms with Gasteiger partial charge in [0, 0.05) is 5.75 Å². The van der Waals surface area contributed by atoms with Crippen molar-refractivity contribution in [3.05, 3.63) is 29.8 Å². The second-order valence-electron chi connectivity index (χ2n) is 4.14. The Hall–Kier alpha value is -1.12. The number of thioether (sulfide) groups is 1. The van der Waals surface area contributed by atoms with Crippen LogP contribution >= 0.6 is 23.1 Å². The summed E-state index contributed by atoms with van der Waals surface area (Å²) in [5, 5.41) is 8.10. The summed E-state index contributed by atoms with van der Waals surface area (Å²) in [6, 6.07) is 6.67. The number of nitrogens with one attached hydrogen (secondary N) is 1. The molecule has 0 saturated heterocycles. The van der Waals surface area contributed by atoms with Crippen molar-refractivity contribution in [2.75, 3.05) is 10.5 Å². The Bertz CT molecular complexity index is 666. The highest BCUT2D eigenvalue weighted by molar-refractivity contribution is 8.01. The summed E-state index contributed by atoms with van der Waals surface area (Å²) in [6.07, 6.45) is 1.04. The predicted molar refractivity (Wildman–Crippen MR) is 82.9 cm³/mol. The molecule has 0 spiro atoms.